The minimum absolute atomic E-state index is 0.0843. The fourth-order valence-corrected chi connectivity index (χ4v) is 4.02. The highest BCUT2D eigenvalue weighted by Gasteiger charge is 2.22. The smallest absolute Gasteiger partial charge is 0.341 e. The number of carbonyl (C=O) groups excluding carboxylic acids is 2. The minimum atomic E-state index is -0.444. The molecule has 0 saturated heterocycles. The number of thiophene rings is 1. The van der Waals surface area contributed by atoms with Crippen LogP contribution in [0.4, 0.5) is 5.00 Å². The van der Waals surface area contributed by atoms with E-state index in [0.717, 1.165) is 10.4 Å². The van der Waals surface area contributed by atoms with Crippen LogP contribution in [-0.4, -0.2) is 25.6 Å². The summed E-state index contributed by atoms with van der Waals surface area (Å²) >= 11 is 1.39. The molecule has 1 heterocycles. The summed E-state index contributed by atoms with van der Waals surface area (Å²) in [6, 6.07) is 18.6. The molecule has 0 bridgehead atoms. The standard InChI is InChI=1S/C23H23NO4S/c1-4-28-23(26)19-14-20(15(2)16-8-6-5-7-9-16)29-22(19)24-21(25)17-10-12-18(27-3)13-11-17/h5-15H,4H2,1-3H3,(H,24,25)/t15-/m0/s1. The number of methoxy groups -OCH3 is 1. The van der Waals surface area contributed by atoms with E-state index in [2.05, 4.69) is 12.2 Å². The number of benzene rings is 2. The average Bonchev–Trinajstić information content (AvgIpc) is 3.18. The van der Waals surface area contributed by atoms with Crippen molar-refractivity contribution in [1.29, 1.82) is 0 Å². The lowest BCUT2D eigenvalue weighted by atomic mass is 9.99. The molecule has 0 spiro atoms. The molecule has 0 radical (unpaired) electrons. The molecule has 0 saturated carbocycles. The maximum absolute atomic E-state index is 12.7. The Balaban J connectivity index is 1.90. The van der Waals surface area contributed by atoms with E-state index in [9.17, 15) is 9.59 Å². The number of esters is 1. The molecule has 2 aromatic carbocycles. The zero-order chi connectivity index (χ0) is 20.8. The van der Waals surface area contributed by atoms with E-state index < -0.39 is 5.97 Å². The van der Waals surface area contributed by atoms with Crippen molar-refractivity contribution in [2.24, 2.45) is 0 Å². The Hall–Kier alpha value is -3.12. The fourth-order valence-electron chi connectivity index (χ4n) is 2.90. The van der Waals surface area contributed by atoms with Gasteiger partial charge in [-0.25, -0.2) is 4.79 Å². The van der Waals surface area contributed by atoms with Gasteiger partial charge < -0.3 is 14.8 Å². The van der Waals surface area contributed by atoms with Crippen LogP contribution in [0.25, 0.3) is 0 Å². The summed E-state index contributed by atoms with van der Waals surface area (Å²) < 4.78 is 10.3. The maximum Gasteiger partial charge on any atom is 0.341 e. The van der Waals surface area contributed by atoms with Crippen molar-refractivity contribution in [1.82, 2.24) is 0 Å². The van der Waals surface area contributed by atoms with Gasteiger partial charge in [0.15, 0.2) is 0 Å². The van der Waals surface area contributed by atoms with Gasteiger partial charge in [-0.2, -0.15) is 0 Å². The molecule has 0 unspecified atom stereocenters. The van der Waals surface area contributed by atoms with Crippen LogP contribution in [0.5, 0.6) is 5.75 Å². The highest BCUT2D eigenvalue weighted by molar-refractivity contribution is 7.16. The summed E-state index contributed by atoms with van der Waals surface area (Å²) in [5, 5.41) is 3.36. The van der Waals surface area contributed by atoms with Gasteiger partial charge in [0.05, 0.1) is 19.3 Å². The van der Waals surface area contributed by atoms with Crippen LogP contribution >= 0.6 is 11.3 Å². The predicted molar refractivity (Wildman–Crippen MR) is 115 cm³/mol. The van der Waals surface area contributed by atoms with E-state index in [0.29, 0.717) is 21.9 Å². The second kappa shape index (κ2) is 9.39. The Morgan fingerprint density at radius 2 is 1.76 bits per heavy atom. The molecular formula is C23H23NO4S. The summed E-state index contributed by atoms with van der Waals surface area (Å²) in [7, 11) is 1.57. The monoisotopic (exact) mass is 409 g/mol. The molecule has 0 aliphatic heterocycles. The van der Waals surface area contributed by atoms with Gasteiger partial charge in [0.1, 0.15) is 10.8 Å². The van der Waals surface area contributed by atoms with E-state index in [-0.39, 0.29) is 18.4 Å². The van der Waals surface area contributed by atoms with Crippen molar-refractivity contribution < 1.29 is 19.1 Å². The molecule has 1 amide bonds. The number of carbonyl (C=O) groups is 2. The lowest BCUT2D eigenvalue weighted by Crippen LogP contribution is -2.14. The van der Waals surface area contributed by atoms with E-state index in [1.54, 1.807) is 38.3 Å². The summed E-state index contributed by atoms with van der Waals surface area (Å²) in [6.07, 6.45) is 0. The highest BCUT2D eigenvalue weighted by atomic mass is 32.1. The Labute approximate surface area is 174 Å². The van der Waals surface area contributed by atoms with Crippen LogP contribution in [0.15, 0.2) is 60.7 Å². The van der Waals surface area contributed by atoms with Crippen molar-refractivity contribution in [2.75, 3.05) is 19.0 Å². The average molecular weight is 410 g/mol. The molecule has 0 fully saturated rings. The van der Waals surface area contributed by atoms with Crippen molar-refractivity contribution in [3.63, 3.8) is 0 Å². The first-order valence-electron chi connectivity index (χ1n) is 9.34. The molecule has 150 valence electrons. The maximum atomic E-state index is 12.7. The Kier molecular flexibility index (Phi) is 6.67. The van der Waals surface area contributed by atoms with Gasteiger partial charge in [0.2, 0.25) is 0 Å². The van der Waals surface area contributed by atoms with Gasteiger partial charge in [-0.05, 0) is 42.8 Å². The second-order valence-electron chi connectivity index (χ2n) is 6.43. The van der Waals surface area contributed by atoms with Gasteiger partial charge >= 0.3 is 5.97 Å². The third kappa shape index (κ3) is 4.84. The summed E-state index contributed by atoms with van der Waals surface area (Å²) in [6.45, 7) is 4.10. The number of nitrogens with one attached hydrogen (secondary N) is 1. The first-order chi connectivity index (χ1) is 14.0. The lowest BCUT2D eigenvalue weighted by Gasteiger charge is -2.09. The van der Waals surface area contributed by atoms with Crippen LogP contribution in [0, 0.1) is 0 Å². The molecule has 3 rings (SSSR count). The SMILES string of the molecule is CCOC(=O)c1cc([C@@H](C)c2ccccc2)sc1NC(=O)c1ccc(OC)cc1. The van der Waals surface area contributed by atoms with Gasteiger partial charge in [-0.1, -0.05) is 37.3 Å². The largest absolute Gasteiger partial charge is 0.497 e. The third-order valence-electron chi connectivity index (χ3n) is 4.55. The van der Waals surface area contributed by atoms with Crippen LogP contribution < -0.4 is 10.1 Å². The van der Waals surface area contributed by atoms with Crippen molar-refractivity contribution in [3.05, 3.63) is 82.2 Å². The van der Waals surface area contributed by atoms with Crippen molar-refractivity contribution in [2.45, 2.75) is 19.8 Å². The number of amides is 1. The molecule has 29 heavy (non-hydrogen) atoms. The molecular weight excluding hydrogens is 386 g/mol. The fraction of sp³-hybridized carbons (Fsp3) is 0.217. The quantitative estimate of drug-likeness (QED) is 0.535. The molecule has 0 aliphatic rings. The number of hydrogen-bond acceptors (Lipinski definition) is 5. The van der Waals surface area contributed by atoms with Gasteiger partial charge in [-0.15, -0.1) is 11.3 Å². The van der Waals surface area contributed by atoms with Crippen LogP contribution in [0.2, 0.25) is 0 Å². The molecule has 6 heteroatoms. The Morgan fingerprint density at radius 1 is 1.07 bits per heavy atom. The van der Waals surface area contributed by atoms with Crippen LogP contribution in [0.1, 0.15) is 50.9 Å². The predicted octanol–water partition coefficient (Wildman–Crippen LogP) is 5.34. The van der Waals surface area contributed by atoms with Crippen molar-refractivity contribution >= 4 is 28.2 Å². The first kappa shape index (κ1) is 20.6. The number of rotatable bonds is 7. The normalized spacial score (nSPS) is 11.6. The zero-order valence-corrected chi connectivity index (χ0v) is 17.4. The molecule has 1 aromatic heterocycles. The third-order valence-corrected chi connectivity index (χ3v) is 5.79. The lowest BCUT2D eigenvalue weighted by molar-refractivity contribution is 0.0528. The number of anilines is 1. The van der Waals surface area contributed by atoms with Crippen molar-refractivity contribution in [3.8, 4) is 5.75 Å². The summed E-state index contributed by atoms with van der Waals surface area (Å²) in [5.74, 6) is 0.0177. The topological polar surface area (TPSA) is 64.6 Å². The number of hydrogen-bond donors (Lipinski definition) is 1. The van der Waals surface area contributed by atoms with E-state index in [1.165, 1.54) is 11.3 Å². The van der Waals surface area contributed by atoms with Gasteiger partial charge in [0, 0.05) is 16.4 Å². The summed E-state index contributed by atoms with van der Waals surface area (Å²) in [4.78, 5) is 26.1. The zero-order valence-electron chi connectivity index (χ0n) is 16.6. The molecule has 0 aliphatic carbocycles. The molecule has 5 nitrogen and oxygen atoms in total. The van der Waals surface area contributed by atoms with E-state index in [1.807, 2.05) is 36.4 Å². The minimum Gasteiger partial charge on any atom is -0.497 e. The van der Waals surface area contributed by atoms with Crippen LogP contribution in [0.3, 0.4) is 0 Å². The summed E-state index contributed by atoms with van der Waals surface area (Å²) in [5.41, 5.74) is 1.99. The molecule has 1 N–H and O–H groups in total. The Bertz CT molecular complexity index is 980. The van der Waals surface area contributed by atoms with Gasteiger partial charge in [0.25, 0.3) is 5.91 Å². The Morgan fingerprint density at radius 3 is 2.38 bits per heavy atom. The van der Waals surface area contributed by atoms with E-state index >= 15 is 0 Å². The first-order valence-corrected chi connectivity index (χ1v) is 10.2. The second-order valence-corrected chi connectivity index (χ2v) is 7.51. The van der Waals surface area contributed by atoms with E-state index in [4.69, 9.17) is 9.47 Å². The van der Waals surface area contributed by atoms with Crippen LogP contribution in [-0.2, 0) is 4.74 Å². The number of ether oxygens (including phenoxy) is 2. The van der Waals surface area contributed by atoms with Gasteiger partial charge in [-0.3, -0.25) is 4.79 Å². The molecule has 1 atom stereocenters. The highest BCUT2D eigenvalue weighted by Crippen LogP contribution is 2.36. The molecule has 3 aromatic rings.